The first-order chi connectivity index (χ1) is 12.1. The van der Waals surface area contributed by atoms with Gasteiger partial charge in [-0.1, -0.05) is 36.3 Å². The molecule has 2 aromatic rings. The predicted molar refractivity (Wildman–Crippen MR) is 96.8 cm³/mol. The van der Waals surface area contributed by atoms with E-state index in [0.717, 1.165) is 11.1 Å². The molecule has 0 fully saturated rings. The van der Waals surface area contributed by atoms with E-state index >= 15 is 0 Å². The van der Waals surface area contributed by atoms with Gasteiger partial charge < -0.3 is 9.47 Å². The zero-order valence-electron chi connectivity index (χ0n) is 13.7. The van der Waals surface area contributed by atoms with Crippen molar-refractivity contribution in [2.75, 3.05) is 13.7 Å². The minimum Gasteiger partial charge on any atom is -0.493 e. The highest BCUT2D eigenvalue weighted by atomic mass is 19.1. The second kappa shape index (κ2) is 9.09. The van der Waals surface area contributed by atoms with Gasteiger partial charge in [0, 0.05) is 0 Å². The Bertz CT molecular complexity index is 827. The third kappa shape index (κ3) is 5.67. The van der Waals surface area contributed by atoms with E-state index < -0.39 is 0 Å². The van der Waals surface area contributed by atoms with Crippen molar-refractivity contribution in [3.63, 3.8) is 0 Å². The van der Waals surface area contributed by atoms with Crippen molar-refractivity contribution in [2.24, 2.45) is 0 Å². The molecule has 0 aromatic heterocycles. The smallest absolute Gasteiger partial charge is 0.178 e. The highest BCUT2D eigenvalue weighted by Crippen LogP contribution is 2.28. The number of ketones is 1. The number of allylic oxidation sites excluding steroid dienone is 2. The molecule has 0 saturated carbocycles. The second-order valence-corrected chi connectivity index (χ2v) is 5.02. The number of ether oxygens (including phenoxy) is 2. The van der Waals surface area contributed by atoms with Gasteiger partial charge in [0.1, 0.15) is 12.4 Å². The molecule has 0 bridgehead atoms. The molecular formula is C21H17FO3. The van der Waals surface area contributed by atoms with Crippen molar-refractivity contribution < 1.29 is 18.7 Å². The Balaban J connectivity index is 2.04. The summed E-state index contributed by atoms with van der Waals surface area (Å²) in [6.45, 7) is 0.151. The molecule has 0 aliphatic heterocycles. The molecule has 0 aliphatic carbocycles. The Kier molecular flexibility index (Phi) is 6.56. The lowest BCUT2D eigenvalue weighted by Crippen LogP contribution is -1.96. The van der Waals surface area contributed by atoms with E-state index in [0.29, 0.717) is 11.5 Å². The molecule has 2 rings (SSSR count). The molecule has 2 aromatic carbocycles. The van der Waals surface area contributed by atoms with E-state index in [4.69, 9.17) is 15.9 Å². The maximum atomic E-state index is 12.8. The van der Waals surface area contributed by atoms with Crippen LogP contribution in [0, 0.1) is 18.2 Å². The lowest BCUT2D eigenvalue weighted by atomic mass is 10.1. The quantitative estimate of drug-likeness (QED) is 0.563. The summed E-state index contributed by atoms with van der Waals surface area (Å²) in [6.07, 6.45) is 11.3. The number of carbonyl (C=O) groups excluding carboxylic acids is 1. The molecule has 0 aliphatic rings. The maximum Gasteiger partial charge on any atom is 0.178 e. The number of hydrogen-bond acceptors (Lipinski definition) is 3. The predicted octanol–water partition coefficient (Wildman–Crippen LogP) is 4.14. The van der Waals surface area contributed by atoms with Gasteiger partial charge in [-0.25, -0.2) is 4.39 Å². The van der Waals surface area contributed by atoms with Gasteiger partial charge in [0.25, 0.3) is 0 Å². The van der Waals surface area contributed by atoms with E-state index in [1.54, 1.807) is 42.5 Å². The number of halogens is 1. The monoisotopic (exact) mass is 336 g/mol. The molecule has 0 heterocycles. The summed E-state index contributed by atoms with van der Waals surface area (Å²) in [6, 6.07) is 11.2. The lowest BCUT2D eigenvalue weighted by molar-refractivity contribution is -0.110. The summed E-state index contributed by atoms with van der Waals surface area (Å²) in [4.78, 5) is 11.9. The summed E-state index contributed by atoms with van der Waals surface area (Å²) >= 11 is 0. The molecule has 4 heteroatoms. The van der Waals surface area contributed by atoms with Crippen molar-refractivity contribution in [1.29, 1.82) is 0 Å². The second-order valence-electron chi connectivity index (χ2n) is 5.02. The number of hydrogen-bond donors (Lipinski definition) is 0. The normalized spacial score (nSPS) is 10.8. The molecule has 0 spiro atoms. The van der Waals surface area contributed by atoms with Crippen LogP contribution in [0.25, 0.3) is 12.2 Å². The van der Waals surface area contributed by atoms with Crippen LogP contribution in [0.5, 0.6) is 11.5 Å². The molecular weight excluding hydrogens is 319 g/mol. The number of benzene rings is 2. The van der Waals surface area contributed by atoms with E-state index in [2.05, 4.69) is 5.92 Å². The van der Waals surface area contributed by atoms with E-state index in [1.165, 1.54) is 31.4 Å². The zero-order valence-corrected chi connectivity index (χ0v) is 13.7. The molecule has 0 saturated heterocycles. The van der Waals surface area contributed by atoms with Crippen LogP contribution in [-0.4, -0.2) is 19.5 Å². The van der Waals surface area contributed by atoms with Gasteiger partial charge in [-0.3, -0.25) is 4.79 Å². The van der Waals surface area contributed by atoms with E-state index in [1.807, 2.05) is 0 Å². The molecule has 0 radical (unpaired) electrons. The molecule has 0 N–H and O–H groups in total. The van der Waals surface area contributed by atoms with Crippen LogP contribution >= 0.6 is 0 Å². The SMILES string of the molecule is C#CCOc1ccc(/C=C/C(=O)/C=C/c2ccc(F)cc2)cc1OC. The largest absolute Gasteiger partial charge is 0.493 e. The first-order valence-corrected chi connectivity index (χ1v) is 7.52. The van der Waals surface area contributed by atoms with Gasteiger partial charge in [-0.15, -0.1) is 6.42 Å². The molecule has 0 unspecified atom stereocenters. The maximum absolute atomic E-state index is 12.8. The van der Waals surface area contributed by atoms with E-state index in [9.17, 15) is 9.18 Å². The van der Waals surface area contributed by atoms with Crippen LogP contribution in [0.4, 0.5) is 4.39 Å². The van der Waals surface area contributed by atoms with E-state index in [-0.39, 0.29) is 18.2 Å². The van der Waals surface area contributed by atoms with Crippen LogP contribution in [0.3, 0.4) is 0 Å². The van der Waals surface area contributed by atoms with Crippen LogP contribution < -0.4 is 9.47 Å². The minimum atomic E-state index is -0.313. The molecule has 0 amide bonds. The number of terminal acetylenes is 1. The third-order valence-corrected chi connectivity index (χ3v) is 3.25. The molecule has 0 atom stereocenters. The van der Waals surface area contributed by atoms with Crippen molar-refractivity contribution >= 4 is 17.9 Å². The van der Waals surface area contributed by atoms with Crippen molar-refractivity contribution in [3.05, 3.63) is 71.6 Å². The third-order valence-electron chi connectivity index (χ3n) is 3.25. The highest BCUT2D eigenvalue weighted by Gasteiger charge is 2.04. The van der Waals surface area contributed by atoms with Crippen LogP contribution in [0.1, 0.15) is 11.1 Å². The Hall–Kier alpha value is -3.32. The standard InChI is InChI=1S/C21H17FO3/c1-3-14-25-20-13-8-17(15-21(20)24-2)7-12-19(23)11-6-16-4-9-18(22)10-5-16/h1,4-13,15H,14H2,2H3/b11-6+,12-7+. The fourth-order valence-corrected chi connectivity index (χ4v) is 2.01. The van der Waals surface area contributed by atoms with Gasteiger partial charge in [0.15, 0.2) is 17.3 Å². The topological polar surface area (TPSA) is 35.5 Å². The fraction of sp³-hybridized carbons (Fsp3) is 0.0952. The van der Waals surface area contributed by atoms with Gasteiger partial charge in [0.05, 0.1) is 7.11 Å². The fourth-order valence-electron chi connectivity index (χ4n) is 2.01. The van der Waals surface area contributed by atoms with Crippen LogP contribution in [0.2, 0.25) is 0 Å². The Morgan fingerprint density at radius 3 is 2.36 bits per heavy atom. The van der Waals surface area contributed by atoms with Crippen molar-refractivity contribution in [3.8, 4) is 23.8 Å². The summed E-state index contributed by atoms with van der Waals surface area (Å²) in [5, 5.41) is 0. The van der Waals surface area contributed by atoms with Gasteiger partial charge >= 0.3 is 0 Å². The molecule has 126 valence electrons. The highest BCUT2D eigenvalue weighted by molar-refractivity contribution is 6.04. The summed E-state index contributed by atoms with van der Waals surface area (Å²) in [5.74, 6) is 2.97. The Morgan fingerprint density at radius 2 is 1.72 bits per heavy atom. The molecule has 25 heavy (non-hydrogen) atoms. The zero-order chi connectivity index (χ0) is 18.1. The van der Waals surface area contributed by atoms with Crippen LogP contribution in [-0.2, 0) is 4.79 Å². The van der Waals surface area contributed by atoms with Crippen molar-refractivity contribution in [2.45, 2.75) is 0 Å². The number of carbonyl (C=O) groups is 1. The number of methoxy groups -OCH3 is 1. The average molecular weight is 336 g/mol. The van der Waals surface area contributed by atoms with Gasteiger partial charge in [0.2, 0.25) is 0 Å². The lowest BCUT2D eigenvalue weighted by Gasteiger charge is -2.09. The molecule has 3 nitrogen and oxygen atoms in total. The summed E-state index contributed by atoms with van der Waals surface area (Å²) < 4.78 is 23.4. The van der Waals surface area contributed by atoms with Crippen molar-refractivity contribution in [1.82, 2.24) is 0 Å². The van der Waals surface area contributed by atoms with Gasteiger partial charge in [-0.2, -0.15) is 0 Å². The first kappa shape index (κ1) is 18.0. The minimum absolute atomic E-state index is 0.151. The van der Waals surface area contributed by atoms with Crippen LogP contribution in [0.15, 0.2) is 54.6 Å². The van der Waals surface area contributed by atoms with Gasteiger partial charge in [-0.05, 0) is 47.5 Å². The average Bonchev–Trinajstić information content (AvgIpc) is 2.64. The Labute approximate surface area is 146 Å². The summed E-state index contributed by atoms with van der Waals surface area (Å²) in [5.41, 5.74) is 1.54. The summed E-state index contributed by atoms with van der Waals surface area (Å²) in [7, 11) is 1.53. The Morgan fingerprint density at radius 1 is 1.08 bits per heavy atom. The first-order valence-electron chi connectivity index (χ1n) is 7.52. The number of rotatable bonds is 7.